The molecule has 0 radical (unpaired) electrons. The Kier molecular flexibility index (Phi) is 5.51. The van der Waals surface area contributed by atoms with Crippen LogP contribution in [0.1, 0.15) is 55.8 Å². The van der Waals surface area contributed by atoms with Crippen molar-refractivity contribution in [3.8, 4) is 0 Å². The van der Waals surface area contributed by atoms with Gasteiger partial charge in [0.2, 0.25) is 0 Å². The largest absolute Gasteiger partial charge is 0.388 e. The monoisotopic (exact) mass is 293 g/mol. The highest BCUT2D eigenvalue weighted by Crippen LogP contribution is 2.30. The molecule has 4 heteroatoms. The summed E-state index contributed by atoms with van der Waals surface area (Å²) in [6.45, 7) is 0.378. The van der Waals surface area contributed by atoms with E-state index in [9.17, 15) is 14.6 Å². The van der Waals surface area contributed by atoms with Crippen molar-refractivity contribution in [3.63, 3.8) is 0 Å². The maximum Gasteiger partial charge on any atom is 0.130 e. The van der Waals surface area contributed by atoms with Gasteiger partial charge in [0.15, 0.2) is 0 Å². The average molecular weight is 293 g/mol. The van der Waals surface area contributed by atoms with Crippen LogP contribution in [0.2, 0.25) is 0 Å². The van der Waals surface area contributed by atoms with Crippen LogP contribution in [0.3, 0.4) is 0 Å². The molecule has 3 nitrogen and oxygen atoms in total. The Bertz CT molecular complexity index is 496. The molecule has 0 spiro atoms. The quantitative estimate of drug-likeness (QED) is 0.782. The van der Waals surface area contributed by atoms with Crippen LogP contribution in [0.4, 0.5) is 4.39 Å². The molecule has 0 heterocycles. The summed E-state index contributed by atoms with van der Waals surface area (Å²) in [6, 6.07) is 4.54. The Morgan fingerprint density at radius 2 is 2.00 bits per heavy atom. The van der Waals surface area contributed by atoms with Crippen LogP contribution in [-0.2, 0) is 0 Å². The maximum atomic E-state index is 13.9. The number of nitrogens with two attached hydrogens (primary N) is 1. The summed E-state index contributed by atoms with van der Waals surface area (Å²) in [5.41, 5.74) is 5.65. The molecule has 1 aliphatic rings. The minimum Gasteiger partial charge on any atom is -0.388 e. The fourth-order valence-corrected chi connectivity index (χ4v) is 2.80. The molecule has 1 saturated carbocycles. The van der Waals surface area contributed by atoms with E-state index in [1.54, 1.807) is 24.3 Å². The molecule has 0 amide bonds. The Hall–Kier alpha value is -1.23. The lowest BCUT2D eigenvalue weighted by Crippen LogP contribution is -2.28. The van der Waals surface area contributed by atoms with Gasteiger partial charge in [0.1, 0.15) is 5.82 Å². The van der Waals surface area contributed by atoms with Crippen LogP contribution < -0.4 is 5.73 Å². The number of halogens is 1. The topological polar surface area (TPSA) is 66.5 Å². The first kappa shape index (κ1) is 16.1. The lowest BCUT2D eigenvalue weighted by atomic mass is 9.84. The van der Waals surface area contributed by atoms with Gasteiger partial charge in [-0.1, -0.05) is 37.5 Å². The molecule has 1 fully saturated rings. The lowest BCUT2D eigenvalue weighted by Gasteiger charge is -2.28. The molecule has 116 valence electrons. The number of rotatable bonds is 5. The maximum absolute atomic E-state index is 13.9. The summed E-state index contributed by atoms with van der Waals surface area (Å²) >= 11 is 0. The molecule has 0 bridgehead atoms. The number of aliphatic hydroxyl groups is 2. The van der Waals surface area contributed by atoms with E-state index in [1.165, 1.54) is 6.07 Å². The van der Waals surface area contributed by atoms with Crippen molar-refractivity contribution in [2.45, 2.75) is 50.2 Å². The zero-order chi connectivity index (χ0) is 15.3. The van der Waals surface area contributed by atoms with E-state index in [1.807, 2.05) is 0 Å². The third-order valence-corrected chi connectivity index (χ3v) is 4.14. The van der Waals surface area contributed by atoms with Gasteiger partial charge < -0.3 is 15.9 Å². The summed E-state index contributed by atoms with van der Waals surface area (Å²) < 4.78 is 13.9. The van der Waals surface area contributed by atoms with Gasteiger partial charge in [-0.05, 0) is 43.5 Å². The first-order valence-electron chi connectivity index (χ1n) is 7.63. The van der Waals surface area contributed by atoms with Gasteiger partial charge in [0.05, 0.1) is 11.7 Å². The number of hydrogen-bond donors (Lipinski definition) is 3. The van der Waals surface area contributed by atoms with Crippen LogP contribution in [0, 0.1) is 5.82 Å². The summed E-state index contributed by atoms with van der Waals surface area (Å²) in [4.78, 5) is 0. The number of aliphatic hydroxyl groups excluding tert-OH is 1. The fraction of sp³-hybridized carbons (Fsp3) is 0.529. The number of hydrogen-bond acceptors (Lipinski definition) is 3. The van der Waals surface area contributed by atoms with Gasteiger partial charge >= 0.3 is 0 Å². The van der Waals surface area contributed by atoms with Gasteiger partial charge in [-0.3, -0.25) is 0 Å². The van der Waals surface area contributed by atoms with Crippen molar-refractivity contribution < 1.29 is 14.6 Å². The van der Waals surface area contributed by atoms with Crippen molar-refractivity contribution in [3.05, 3.63) is 41.2 Å². The van der Waals surface area contributed by atoms with Gasteiger partial charge in [-0.25, -0.2) is 4.39 Å². The van der Waals surface area contributed by atoms with E-state index in [2.05, 4.69) is 0 Å². The van der Waals surface area contributed by atoms with Crippen molar-refractivity contribution in [1.29, 1.82) is 0 Å². The minimum atomic E-state index is -0.823. The van der Waals surface area contributed by atoms with Crippen molar-refractivity contribution in [2.75, 3.05) is 6.54 Å². The summed E-state index contributed by atoms with van der Waals surface area (Å²) in [5.74, 6) is -0.352. The van der Waals surface area contributed by atoms with Crippen LogP contribution in [0.5, 0.6) is 0 Å². The molecule has 0 aromatic heterocycles. The predicted molar refractivity (Wildman–Crippen MR) is 82.1 cm³/mol. The standard InChI is InChI=1S/C17H24FNO2/c18-15-5-4-14(16(20)7-11-19)12-13(15)6-10-17(21)8-2-1-3-9-17/h4-6,10,12,16,20-21H,1-3,7-9,11,19H2/b10-6+. The molecule has 0 aliphatic heterocycles. The Labute approximate surface area is 125 Å². The predicted octanol–water partition coefficient (Wildman–Crippen LogP) is 2.92. The summed E-state index contributed by atoms with van der Waals surface area (Å²) in [7, 11) is 0. The molecule has 1 aromatic carbocycles. The zero-order valence-corrected chi connectivity index (χ0v) is 12.3. The van der Waals surface area contributed by atoms with E-state index in [0.29, 0.717) is 24.1 Å². The smallest absolute Gasteiger partial charge is 0.130 e. The van der Waals surface area contributed by atoms with Gasteiger partial charge in [0, 0.05) is 5.56 Å². The molecular formula is C17H24FNO2. The lowest BCUT2D eigenvalue weighted by molar-refractivity contribution is 0.0521. The molecule has 1 unspecified atom stereocenters. The van der Waals surface area contributed by atoms with Crippen LogP contribution in [0.15, 0.2) is 24.3 Å². The molecule has 2 rings (SSSR count). The van der Waals surface area contributed by atoms with E-state index in [4.69, 9.17) is 5.73 Å². The van der Waals surface area contributed by atoms with E-state index in [-0.39, 0.29) is 5.82 Å². The molecule has 4 N–H and O–H groups in total. The van der Waals surface area contributed by atoms with Gasteiger partial charge in [-0.15, -0.1) is 0 Å². The third kappa shape index (κ3) is 4.37. The molecule has 1 atom stereocenters. The summed E-state index contributed by atoms with van der Waals surface area (Å²) in [6.07, 6.45) is 7.67. The Morgan fingerprint density at radius 1 is 1.29 bits per heavy atom. The van der Waals surface area contributed by atoms with Crippen molar-refractivity contribution in [1.82, 2.24) is 0 Å². The summed E-state index contributed by atoms with van der Waals surface area (Å²) in [5, 5.41) is 20.3. The van der Waals surface area contributed by atoms with Gasteiger partial charge in [0.25, 0.3) is 0 Å². The van der Waals surface area contributed by atoms with Crippen molar-refractivity contribution in [2.24, 2.45) is 5.73 Å². The van der Waals surface area contributed by atoms with E-state index >= 15 is 0 Å². The van der Waals surface area contributed by atoms with Crippen LogP contribution >= 0.6 is 0 Å². The molecule has 1 aliphatic carbocycles. The molecule has 0 saturated heterocycles. The SMILES string of the molecule is NCCC(O)c1ccc(F)c(/C=C/C2(O)CCCCC2)c1. The normalized spacial score (nSPS) is 19.8. The van der Waals surface area contributed by atoms with E-state index in [0.717, 1.165) is 32.1 Å². The molecule has 21 heavy (non-hydrogen) atoms. The Balaban J connectivity index is 2.16. The van der Waals surface area contributed by atoms with Crippen LogP contribution in [0.25, 0.3) is 6.08 Å². The Morgan fingerprint density at radius 3 is 2.67 bits per heavy atom. The molecular weight excluding hydrogens is 269 g/mol. The molecule has 1 aromatic rings. The first-order valence-corrected chi connectivity index (χ1v) is 7.63. The second kappa shape index (κ2) is 7.16. The second-order valence-corrected chi connectivity index (χ2v) is 5.87. The second-order valence-electron chi connectivity index (χ2n) is 5.87. The zero-order valence-electron chi connectivity index (χ0n) is 12.3. The van der Waals surface area contributed by atoms with Crippen LogP contribution in [-0.4, -0.2) is 22.4 Å². The highest BCUT2D eigenvalue weighted by Gasteiger charge is 2.25. The first-order chi connectivity index (χ1) is 10.0. The highest BCUT2D eigenvalue weighted by molar-refractivity contribution is 5.53. The van der Waals surface area contributed by atoms with E-state index < -0.39 is 11.7 Å². The minimum absolute atomic E-state index is 0.352. The average Bonchev–Trinajstić information content (AvgIpc) is 2.47. The van der Waals surface area contributed by atoms with Gasteiger partial charge in [-0.2, -0.15) is 0 Å². The highest BCUT2D eigenvalue weighted by atomic mass is 19.1. The fourth-order valence-electron chi connectivity index (χ4n) is 2.80. The number of benzene rings is 1. The third-order valence-electron chi connectivity index (χ3n) is 4.14. The van der Waals surface area contributed by atoms with Crippen molar-refractivity contribution >= 4 is 6.08 Å².